The molecule has 0 radical (unpaired) electrons. The van der Waals surface area contributed by atoms with Crippen LogP contribution >= 0.6 is 25.3 Å². The summed E-state index contributed by atoms with van der Waals surface area (Å²) in [4.78, 5) is 19.8. The summed E-state index contributed by atoms with van der Waals surface area (Å²) in [6.07, 6.45) is 12.5. The van der Waals surface area contributed by atoms with Gasteiger partial charge in [-0.2, -0.15) is 25.3 Å². The highest BCUT2D eigenvalue weighted by Gasteiger charge is 2.21. The number of thiol groups is 2. The fourth-order valence-electron chi connectivity index (χ4n) is 8.67. The van der Waals surface area contributed by atoms with Gasteiger partial charge in [0.05, 0.1) is 36.0 Å². The number of benzene rings is 8. The highest BCUT2D eigenvalue weighted by molar-refractivity contribution is 7.80. The van der Waals surface area contributed by atoms with E-state index in [2.05, 4.69) is 44.3 Å². The Morgan fingerprint density at radius 3 is 1.11 bits per heavy atom. The molecule has 2 N–H and O–H groups in total. The van der Waals surface area contributed by atoms with Gasteiger partial charge >= 0.3 is 0 Å². The Hall–Kier alpha value is -7.66. The Labute approximate surface area is 453 Å². The van der Waals surface area contributed by atoms with Crippen LogP contribution in [-0.2, 0) is 25.7 Å². The molecule has 0 aliphatic heterocycles. The van der Waals surface area contributed by atoms with E-state index < -0.39 is 0 Å². The molecule has 0 spiro atoms. The Morgan fingerprint density at radius 2 is 0.720 bits per heavy atom. The number of aliphatic imine (C=N–C) groups is 4. The molecule has 0 fully saturated rings. The summed E-state index contributed by atoms with van der Waals surface area (Å²) in [6.45, 7) is 3.11. The molecule has 8 rings (SSSR count). The van der Waals surface area contributed by atoms with Crippen LogP contribution in [0, 0.1) is 0 Å². The van der Waals surface area contributed by atoms with Gasteiger partial charge in [-0.3, -0.25) is 20.0 Å². The van der Waals surface area contributed by atoms with Crippen LogP contribution in [0.2, 0.25) is 0 Å². The lowest BCUT2D eigenvalue weighted by Crippen LogP contribution is -2.06. The Morgan fingerprint density at radius 1 is 0.387 bits per heavy atom. The molecule has 8 aromatic rings. The van der Waals surface area contributed by atoms with E-state index in [0.29, 0.717) is 65.6 Å². The third-order valence-electron chi connectivity index (χ3n) is 12.5. The minimum absolute atomic E-state index is 0.145. The van der Waals surface area contributed by atoms with Gasteiger partial charge in [-0.1, -0.05) is 128 Å². The molecule has 0 amide bonds. The van der Waals surface area contributed by atoms with Crippen molar-refractivity contribution in [1.82, 2.24) is 0 Å². The minimum Gasteiger partial charge on any atom is -0.508 e. The summed E-state index contributed by atoms with van der Waals surface area (Å²) >= 11 is 8.95. The fraction of sp³-hybridized carbons (Fsp3) is 0.200. The van der Waals surface area contributed by atoms with Crippen LogP contribution in [0.5, 0.6) is 23.0 Å². The molecule has 75 heavy (non-hydrogen) atoms. The summed E-state index contributed by atoms with van der Waals surface area (Å²) in [5.74, 6) is 3.28. The van der Waals surface area contributed by atoms with E-state index in [1.54, 1.807) is 6.07 Å². The molecule has 0 atom stereocenters. The van der Waals surface area contributed by atoms with E-state index in [0.717, 1.165) is 99.6 Å². The van der Waals surface area contributed by atoms with Gasteiger partial charge in [-0.05, 0) is 126 Å². The number of unbranched alkanes of at least 4 members (excludes halogenated alkanes) is 2. The number of aryl methyl sites for hydroxylation is 1. The zero-order valence-electron chi connectivity index (χ0n) is 42.4. The van der Waals surface area contributed by atoms with Crippen molar-refractivity contribution in [2.24, 2.45) is 20.0 Å². The van der Waals surface area contributed by atoms with Gasteiger partial charge in [0.2, 0.25) is 0 Å². The Balaban J connectivity index is 1.26. The maximum Gasteiger partial charge on any atom is 0.126 e. The van der Waals surface area contributed by atoms with Crippen molar-refractivity contribution in [2.45, 2.75) is 58.3 Å². The maximum atomic E-state index is 12.7. The third kappa shape index (κ3) is 15.9. The number of phenolic OH excluding ortho intramolecular Hbond substituents is 2. The van der Waals surface area contributed by atoms with E-state index in [4.69, 9.17) is 29.4 Å². The van der Waals surface area contributed by atoms with Crippen molar-refractivity contribution < 1.29 is 19.7 Å². The molecule has 8 nitrogen and oxygen atoms in total. The van der Waals surface area contributed by atoms with Gasteiger partial charge in [-0.15, -0.1) is 0 Å². The van der Waals surface area contributed by atoms with Gasteiger partial charge in [0, 0.05) is 77.5 Å². The highest BCUT2D eigenvalue weighted by atomic mass is 32.1. The maximum absolute atomic E-state index is 12.7. The first kappa shape index (κ1) is 53.6. The van der Waals surface area contributed by atoms with Crippen molar-refractivity contribution >= 4 is 72.9 Å². The van der Waals surface area contributed by atoms with Gasteiger partial charge in [0.1, 0.15) is 23.0 Å². The Kier molecular flexibility index (Phi) is 20.1. The largest absolute Gasteiger partial charge is 0.508 e. The monoisotopic (exact) mass is 1030 g/mol. The minimum atomic E-state index is 0.145. The van der Waals surface area contributed by atoms with Crippen molar-refractivity contribution in [3.63, 3.8) is 0 Å². The van der Waals surface area contributed by atoms with E-state index in [-0.39, 0.29) is 17.9 Å². The first-order chi connectivity index (χ1) is 36.8. The second-order valence-corrected chi connectivity index (χ2v) is 19.1. The molecule has 0 aromatic heterocycles. The number of phenols is 2. The number of hydrogen-bond acceptors (Lipinski definition) is 10. The average molecular weight is 1030 g/mol. The predicted molar refractivity (Wildman–Crippen MR) is 319 cm³/mol. The Bertz CT molecular complexity index is 3220. The fourth-order valence-corrected chi connectivity index (χ4v) is 9.12. The molecular weight excluding hydrogens is 965 g/mol. The van der Waals surface area contributed by atoms with Gasteiger partial charge in [0.25, 0.3) is 0 Å². The second-order valence-electron chi connectivity index (χ2n) is 18.2. The molecule has 0 heterocycles. The standard InChI is InChI=1S/C65H64N4O4S2/c1-2-51-36-59(67-44-48-21-9-4-10-22-48)41-56(64(51)72-29-15-17-31-74)34-53-38-60(68-45-49-23-11-5-12-24-49)39-54(63(53)71)35-57-42-61(69-46-50-25-13-6-14-26-50)40-55(65(57)73-30-16-18-32-75)33-52-37-58(27-28-62(52)70)66-43-47-19-7-3-8-20-47/h3-14,19-28,36-46,70-71,74-75H,2,15-18,29-35H2,1H3. The van der Waals surface area contributed by atoms with Crippen molar-refractivity contribution in [3.05, 3.63) is 237 Å². The lowest BCUT2D eigenvalue weighted by molar-refractivity contribution is 0.304. The van der Waals surface area contributed by atoms with Crippen LogP contribution in [0.4, 0.5) is 22.7 Å². The van der Waals surface area contributed by atoms with E-state index in [9.17, 15) is 10.2 Å². The number of nitrogens with zero attached hydrogens (tertiary/aromatic N) is 4. The van der Waals surface area contributed by atoms with Gasteiger partial charge in [0.15, 0.2) is 0 Å². The molecular formula is C65H64N4O4S2. The summed E-state index contributed by atoms with van der Waals surface area (Å²) < 4.78 is 13.5. The van der Waals surface area contributed by atoms with Crippen LogP contribution in [0.25, 0.3) is 0 Å². The molecule has 10 heteroatoms. The first-order valence-corrected chi connectivity index (χ1v) is 26.9. The zero-order valence-corrected chi connectivity index (χ0v) is 44.2. The lowest BCUT2D eigenvalue weighted by atomic mass is 9.92. The van der Waals surface area contributed by atoms with Crippen LogP contribution < -0.4 is 9.47 Å². The van der Waals surface area contributed by atoms with Crippen molar-refractivity contribution in [1.29, 1.82) is 0 Å². The van der Waals surface area contributed by atoms with Crippen LogP contribution in [0.3, 0.4) is 0 Å². The summed E-state index contributed by atoms with van der Waals surface area (Å²) in [5, 5.41) is 24.1. The molecule has 0 bridgehead atoms. The first-order valence-electron chi connectivity index (χ1n) is 25.7. The average Bonchev–Trinajstić information content (AvgIpc) is 3.44. The highest BCUT2D eigenvalue weighted by Crippen LogP contribution is 2.41. The number of rotatable bonds is 25. The normalized spacial score (nSPS) is 11.7. The molecule has 0 saturated carbocycles. The predicted octanol–water partition coefficient (Wildman–Crippen LogP) is 15.6. The number of ether oxygens (including phenoxy) is 2. The summed E-state index contributed by atoms with van der Waals surface area (Å²) in [5.41, 5.74) is 12.4. The molecule has 0 saturated heterocycles. The quantitative estimate of drug-likeness (QED) is 0.0260. The molecule has 380 valence electrons. The van der Waals surface area contributed by atoms with Gasteiger partial charge < -0.3 is 19.7 Å². The zero-order chi connectivity index (χ0) is 52.0. The summed E-state index contributed by atoms with van der Waals surface area (Å²) in [6, 6.07) is 57.5. The van der Waals surface area contributed by atoms with Crippen LogP contribution in [0.15, 0.2) is 196 Å². The van der Waals surface area contributed by atoms with Crippen LogP contribution in [0.1, 0.15) is 93.8 Å². The second kappa shape index (κ2) is 28.1. The SMILES string of the molecule is CCc1cc(N=Cc2ccccc2)cc(Cc2cc(N=Cc3ccccc3)cc(Cc3cc(N=Cc4ccccc4)cc(Cc4cc(N=Cc5ccccc5)ccc4O)c3OCCCCS)c2O)c1OCCCCS. The van der Waals surface area contributed by atoms with Gasteiger partial charge in [-0.25, -0.2) is 0 Å². The lowest BCUT2D eigenvalue weighted by Gasteiger charge is -2.20. The van der Waals surface area contributed by atoms with Crippen molar-refractivity contribution in [2.75, 3.05) is 24.7 Å². The topological polar surface area (TPSA) is 108 Å². The van der Waals surface area contributed by atoms with Crippen LogP contribution in [-0.4, -0.2) is 59.8 Å². The summed E-state index contributed by atoms with van der Waals surface area (Å²) in [7, 11) is 0. The van der Waals surface area contributed by atoms with Crippen molar-refractivity contribution in [3.8, 4) is 23.0 Å². The molecule has 0 aliphatic rings. The third-order valence-corrected chi connectivity index (χ3v) is 13.2. The molecule has 0 unspecified atom stereocenters. The van der Waals surface area contributed by atoms with E-state index >= 15 is 0 Å². The number of aromatic hydroxyl groups is 2. The molecule has 8 aromatic carbocycles. The molecule has 0 aliphatic carbocycles. The van der Waals surface area contributed by atoms with E-state index in [1.807, 2.05) is 183 Å². The number of hydrogen-bond donors (Lipinski definition) is 4. The smallest absolute Gasteiger partial charge is 0.126 e. The van der Waals surface area contributed by atoms with E-state index in [1.165, 1.54) is 0 Å².